The molecular weight excluding hydrogens is 212 g/mol. The van der Waals surface area contributed by atoms with E-state index >= 15 is 0 Å². The van der Waals surface area contributed by atoms with Gasteiger partial charge in [0.2, 0.25) is 5.91 Å². The van der Waals surface area contributed by atoms with Crippen LogP contribution in [0.25, 0.3) is 0 Å². The van der Waals surface area contributed by atoms with Crippen molar-refractivity contribution in [2.24, 2.45) is 11.8 Å². The molecule has 1 rings (SSSR count). The third kappa shape index (κ3) is 4.39. The molecule has 15 heavy (non-hydrogen) atoms. The van der Waals surface area contributed by atoms with Gasteiger partial charge >= 0.3 is 0 Å². The Hall–Kier alpha value is -0.280. The van der Waals surface area contributed by atoms with Crippen molar-refractivity contribution in [2.45, 2.75) is 26.7 Å². The minimum Gasteiger partial charge on any atom is -0.342 e. The number of nitrogens with zero attached hydrogens (tertiary/aromatic N) is 1. The van der Waals surface area contributed by atoms with Crippen LogP contribution in [0.3, 0.4) is 0 Å². The second-order valence-corrected chi connectivity index (χ2v) is 4.48. The van der Waals surface area contributed by atoms with E-state index in [0.29, 0.717) is 5.91 Å². The van der Waals surface area contributed by atoms with Crippen LogP contribution >= 0.6 is 12.4 Å². The second-order valence-electron chi connectivity index (χ2n) is 4.48. The van der Waals surface area contributed by atoms with Crippen molar-refractivity contribution < 1.29 is 4.79 Å². The number of hydrogen-bond donors (Lipinski definition) is 1. The maximum atomic E-state index is 11.7. The number of rotatable bonds is 3. The largest absolute Gasteiger partial charge is 0.342 e. The summed E-state index contributed by atoms with van der Waals surface area (Å²) in [5, 5.41) is 3.20. The summed E-state index contributed by atoms with van der Waals surface area (Å²) in [5.41, 5.74) is 0. The number of carbonyl (C=O) groups excluding carboxylic acids is 1. The van der Waals surface area contributed by atoms with E-state index in [4.69, 9.17) is 0 Å². The fraction of sp³-hybridized carbons (Fsp3) is 0.909. The summed E-state index contributed by atoms with van der Waals surface area (Å²) in [6, 6.07) is 0. The average molecular weight is 235 g/mol. The molecule has 1 aliphatic rings. The first-order valence-corrected chi connectivity index (χ1v) is 5.58. The molecule has 0 atom stereocenters. The molecule has 1 heterocycles. The number of nitrogens with one attached hydrogen (secondary N) is 1. The molecule has 0 radical (unpaired) electrons. The topological polar surface area (TPSA) is 32.3 Å². The number of piperidine rings is 1. The highest BCUT2D eigenvalue weighted by molar-refractivity contribution is 5.85. The summed E-state index contributed by atoms with van der Waals surface area (Å²) in [7, 11) is 1.99. The Morgan fingerprint density at radius 2 is 1.93 bits per heavy atom. The Morgan fingerprint density at radius 1 is 1.40 bits per heavy atom. The number of amides is 1. The van der Waals surface area contributed by atoms with Gasteiger partial charge in [-0.3, -0.25) is 4.79 Å². The molecule has 0 bridgehead atoms. The Kier molecular flexibility index (Phi) is 6.94. The predicted molar refractivity (Wildman–Crippen MR) is 65.3 cm³/mol. The zero-order chi connectivity index (χ0) is 10.6. The van der Waals surface area contributed by atoms with Crippen molar-refractivity contribution in [3.63, 3.8) is 0 Å². The lowest BCUT2D eigenvalue weighted by molar-refractivity contribution is -0.135. The van der Waals surface area contributed by atoms with Gasteiger partial charge < -0.3 is 10.2 Å². The van der Waals surface area contributed by atoms with Gasteiger partial charge in [0.1, 0.15) is 0 Å². The Bertz CT molecular complexity index is 189. The molecule has 0 aliphatic carbocycles. The van der Waals surface area contributed by atoms with Crippen LogP contribution in [-0.2, 0) is 4.79 Å². The van der Waals surface area contributed by atoms with Crippen molar-refractivity contribution >= 4 is 18.3 Å². The molecule has 1 saturated heterocycles. The number of halogens is 1. The maximum absolute atomic E-state index is 11.7. The van der Waals surface area contributed by atoms with E-state index in [1.54, 1.807) is 0 Å². The molecule has 3 nitrogen and oxygen atoms in total. The standard InChI is InChI=1S/C11H22N2O.ClH/c1-9(2)11(14)13-6-4-10(5-7-13)8-12-3;/h9-10,12H,4-8H2,1-3H3;1H. The van der Waals surface area contributed by atoms with Crippen molar-refractivity contribution in [3.05, 3.63) is 0 Å². The maximum Gasteiger partial charge on any atom is 0.225 e. The summed E-state index contributed by atoms with van der Waals surface area (Å²) in [4.78, 5) is 13.7. The van der Waals surface area contributed by atoms with E-state index in [2.05, 4.69) is 5.32 Å². The highest BCUT2D eigenvalue weighted by Gasteiger charge is 2.23. The monoisotopic (exact) mass is 234 g/mol. The molecule has 0 aromatic rings. The molecule has 1 amide bonds. The van der Waals surface area contributed by atoms with Crippen LogP contribution in [0.5, 0.6) is 0 Å². The smallest absolute Gasteiger partial charge is 0.225 e. The van der Waals surface area contributed by atoms with Crippen LogP contribution in [0.2, 0.25) is 0 Å². The fourth-order valence-corrected chi connectivity index (χ4v) is 2.01. The minimum absolute atomic E-state index is 0. The molecule has 1 N–H and O–H groups in total. The average Bonchev–Trinajstić information content (AvgIpc) is 2.18. The zero-order valence-electron chi connectivity index (χ0n) is 9.95. The number of carbonyl (C=O) groups is 1. The molecule has 0 saturated carbocycles. The molecule has 0 unspecified atom stereocenters. The van der Waals surface area contributed by atoms with Gasteiger partial charge in [-0.05, 0) is 32.4 Å². The molecule has 90 valence electrons. The highest BCUT2D eigenvalue weighted by Crippen LogP contribution is 2.17. The van der Waals surface area contributed by atoms with E-state index in [-0.39, 0.29) is 18.3 Å². The fourth-order valence-electron chi connectivity index (χ4n) is 2.01. The van der Waals surface area contributed by atoms with Crippen LogP contribution in [0.1, 0.15) is 26.7 Å². The molecule has 0 spiro atoms. The Labute approximate surface area is 99.0 Å². The summed E-state index contributed by atoms with van der Waals surface area (Å²) >= 11 is 0. The lowest BCUT2D eigenvalue weighted by Gasteiger charge is -2.33. The van der Waals surface area contributed by atoms with Gasteiger partial charge in [-0.2, -0.15) is 0 Å². The first kappa shape index (κ1) is 14.7. The van der Waals surface area contributed by atoms with Gasteiger partial charge in [0.15, 0.2) is 0 Å². The van der Waals surface area contributed by atoms with Crippen LogP contribution in [0, 0.1) is 11.8 Å². The highest BCUT2D eigenvalue weighted by atomic mass is 35.5. The van der Waals surface area contributed by atoms with Crippen molar-refractivity contribution in [1.29, 1.82) is 0 Å². The summed E-state index contributed by atoms with van der Waals surface area (Å²) < 4.78 is 0. The van der Waals surface area contributed by atoms with E-state index in [9.17, 15) is 4.79 Å². The molecule has 0 aromatic heterocycles. The molecule has 1 fully saturated rings. The minimum atomic E-state index is 0. The van der Waals surface area contributed by atoms with Gasteiger partial charge in [-0.25, -0.2) is 0 Å². The summed E-state index contributed by atoms with van der Waals surface area (Å²) in [6.07, 6.45) is 2.30. The molecule has 4 heteroatoms. The molecule has 0 aromatic carbocycles. The van der Waals surface area contributed by atoms with Gasteiger partial charge in [0.25, 0.3) is 0 Å². The predicted octanol–water partition coefficient (Wildman–Crippen LogP) is 1.52. The lowest BCUT2D eigenvalue weighted by Crippen LogP contribution is -2.42. The third-order valence-corrected chi connectivity index (χ3v) is 2.91. The quantitative estimate of drug-likeness (QED) is 0.803. The van der Waals surface area contributed by atoms with Crippen molar-refractivity contribution in [3.8, 4) is 0 Å². The Morgan fingerprint density at radius 3 is 2.33 bits per heavy atom. The lowest BCUT2D eigenvalue weighted by atomic mass is 9.96. The number of hydrogen-bond acceptors (Lipinski definition) is 2. The summed E-state index contributed by atoms with van der Waals surface area (Å²) in [6.45, 7) is 6.93. The van der Waals surface area contributed by atoms with E-state index < -0.39 is 0 Å². The van der Waals surface area contributed by atoms with Crippen LogP contribution in [-0.4, -0.2) is 37.5 Å². The van der Waals surface area contributed by atoms with Crippen molar-refractivity contribution in [1.82, 2.24) is 10.2 Å². The zero-order valence-corrected chi connectivity index (χ0v) is 10.8. The van der Waals surface area contributed by atoms with Crippen LogP contribution in [0.15, 0.2) is 0 Å². The molecule has 1 aliphatic heterocycles. The number of likely N-dealkylation sites (tertiary alicyclic amines) is 1. The van der Waals surface area contributed by atoms with Gasteiger partial charge in [-0.15, -0.1) is 12.4 Å². The van der Waals surface area contributed by atoms with Gasteiger partial charge in [0, 0.05) is 19.0 Å². The second kappa shape index (κ2) is 7.07. The first-order valence-electron chi connectivity index (χ1n) is 5.58. The third-order valence-electron chi connectivity index (χ3n) is 2.91. The Balaban J connectivity index is 0.00000196. The van der Waals surface area contributed by atoms with Crippen LogP contribution in [0.4, 0.5) is 0 Å². The van der Waals surface area contributed by atoms with E-state index in [1.165, 1.54) is 0 Å². The van der Waals surface area contributed by atoms with Gasteiger partial charge in [0.05, 0.1) is 0 Å². The summed E-state index contributed by atoms with van der Waals surface area (Å²) in [5.74, 6) is 1.22. The van der Waals surface area contributed by atoms with Gasteiger partial charge in [-0.1, -0.05) is 13.8 Å². The SMILES string of the molecule is CNCC1CCN(C(=O)C(C)C)CC1.Cl. The van der Waals surface area contributed by atoms with Crippen molar-refractivity contribution in [2.75, 3.05) is 26.7 Å². The van der Waals surface area contributed by atoms with E-state index in [0.717, 1.165) is 38.4 Å². The normalized spacial score (nSPS) is 17.7. The first-order chi connectivity index (χ1) is 6.65. The van der Waals surface area contributed by atoms with E-state index in [1.807, 2.05) is 25.8 Å². The molecular formula is C11H23ClN2O. The van der Waals surface area contributed by atoms with Crippen LogP contribution < -0.4 is 5.32 Å².